The van der Waals surface area contributed by atoms with Crippen LogP contribution in [0.3, 0.4) is 0 Å². The Kier molecular flexibility index (Phi) is 28.7. The standard InChI is InChI=1S/C20H44N2.2ClH/c1-3-5-6-7-8-9-10-11-12-13-14-15-16-18-20(22)19(21)17-4-2;;/h19-20H,3-18,21-22H2,1-2H3;2*1H. The fourth-order valence-electron chi connectivity index (χ4n) is 3.16. The second-order valence-electron chi connectivity index (χ2n) is 7.15. The van der Waals surface area contributed by atoms with Crippen LogP contribution in [0.25, 0.3) is 0 Å². The summed E-state index contributed by atoms with van der Waals surface area (Å²) in [5, 5.41) is 0. The third kappa shape index (κ3) is 20.5. The first-order chi connectivity index (χ1) is 10.7. The van der Waals surface area contributed by atoms with Gasteiger partial charge in [0.05, 0.1) is 0 Å². The maximum Gasteiger partial charge on any atom is 0.0192 e. The maximum absolute atomic E-state index is 6.12. The van der Waals surface area contributed by atoms with Gasteiger partial charge in [0.25, 0.3) is 0 Å². The summed E-state index contributed by atoms with van der Waals surface area (Å²) in [5.41, 5.74) is 12.2. The van der Waals surface area contributed by atoms with Gasteiger partial charge in [-0.25, -0.2) is 0 Å². The lowest BCUT2D eigenvalue weighted by Gasteiger charge is -2.18. The van der Waals surface area contributed by atoms with Gasteiger partial charge in [-0.05, 0) is 12.8 Å². The molecule has 0 amide bonds. The molecule has 4 N–H and O–H groups in total. The average molecular weight is 386 g/mol. The van der Waals surface area contributed by atoms with Crippen LogP contribution in [0.2, 0.25) is 0 Å². The van der Waals surface area contributed by atoms with Crippen molar-refractivity contribution in [3.63, 3.8) is 0 Å². The first-order valence-electron chi connectivity index (χ1n) is 10.2. The lowest BCUT2D eigenvalue weighted by Crippen LogP contribution is -2.41. The average Bonchev–Trinajstić information content (AvgIpc) is 2.51. The zero-order valence-electron chi connectivity index (χ0n) is 16.4. The van der Waals surface area contributed by atoms with Crippen molar-refractivity contribution in [2.45, 2.75) is 129 Å². The summed E-state index contributed by atoms with van der Waals surface area (Å²) in [4.78, 5) is 0. The predicted molar refractivity (Wildman–Crippen MR) is 116 cm³/mol. The number of nitrogens with two attached hydrogens (primary N) is 2. The Morgan fingerprint density at radius 3 is 1.17 bits per heavy atom. The maximum atomic E-state index is 6.12. The summed E-state index contributed by atoms with van der Waals surface area (Å²) in [5.74, 6) is 0. The molecule has 0 aromatic heterocycles. The fraction of sp³-hybridized carbons (Fsp3) is 1.00. The molecule has 2 atom stereocenters. The van der Waals surface area contributed by atoms with Gasteiger partial charge < -0.3 is 11.5 Å². The number of unbranched alkanes of at least 4 members (excludes halogenated alkanes) is 12. The number of hydrogen-bond donors (Lipinski definition) is 2. The van der Waals surface area contributed by atoms with E-state index in [4.69, 9.17) is 11.5 Å². The second kappa shape index (κ2) is 23.5. The highest BCUT2D eigenvalue weighted by atomic mass is 35.5. The third-order valence-electron chi connectivity index (χ3n) is 4.81. The monoisotopic (exact) mass is 384 g/mol. The SMILES string of the molecule is CCCCCCCCCCCCCCCC(N)C(N)CCC.Cl.Cl. The Labute approximate surface area is 165 Å². The number of hydrogen-bond acceptors (Lipinski definition) is 2. The lowest BCUT2D eigenvalue weighted by molar-refractivity contribution is 0.442. The van der Waals surface area contributed by atoms with Gasteiger partial charge in [-0.2, -0.15) is 0 Å². The van der Waals surface area contributed by atoms with Crippen LogP contribution in [-0.2, 0) is 0 Å². The molecule has 0 saturated carbocycles. The van der Waals surface area contributed by atoms with E-state index in [0.29, 0.717) is 0 Å². The van der Waals surface area contributed by atoms with E-state index in [1.165, 1.54) is 83.5 Å². The smallest absolute Gasteiger partial charge is 0.0192 e. The van der Waals surface area contributed by atoms with Crippen molar-refractivity contribution in [1.82, 2.24) is 0 Å². The van der Waals surface area contributed by atoms with E-state index in [9.17, 15) is 0 Å². The summed E-state index contributed by atoms with van der Waals surface area (Å²) < 4.78 is 0. The quantitative estimate of drug-likeness (QED) is 0.272. The van der Waals surface area contributed by atoms with Crippen LogP contribution < -0.4 is 11.5 Å². The molecule has 0 saturated heterocycles. The Bertz CT molecular complexity index is 216. The van der Waals surface area contributed by atoms with Crippen molar-refractivity contribution in [2.24, 2.45) is 11.5 Å². The topological polar surface area (TPSA) is 52.0 Å². The molecule has 0 spiro atoms. The second-order valence-corrected chi connectivity index (χ2v) is 7.15. The van der Waals surface area contributed by atoms with E-state index in [1.807, 2.05) is 0 Å². The molecule has 2 nitrogen and oxygen atoms in total. The molecule has 0 rings (SSSR count). The highest BCUT2D eigenvalue weighted by Crippen LogP contribution is 2.13. The van der Waals surface area contributed by atoms with Gasteiger partial charge in [0.1, 0.15) is 0 Å². The van der Waals surface area contributed by atoms with Gasteiger partial charge in [-0.15, -0.1) is 24.8 Å². The van der Waals surface area contributed by atoms with Crippen LogP contribution in [0.1, 0.15) is 117 Å². The largest absolute Gasteiger partial charge is 0.326 e. The zero-order valence-corrected chi connectivity index (χ0v) is 18.1. The highest BCUT2D eigenvalue weighted by Gasteiger charge is 2.11. The molecule has 150 valence electrons. The Balaban J connectivity index is -0.00000220. The molecule has 0 fully saturated rings. The van der Waals surface area contributed by atoms with E-state index in [-0.39, 0.29) is 36.9 Å². The van der Waals surface area contributed by atoms with Crippen molar-refractivity contribution in [2.75, 3.05) is 0 Å². The molecule has 2 unspecified atom stereocenters. The van der Waals surface area contributed by atoms with E-state index in [0.717, 1.165) is 19.3 Å². The molecule has 0 aromatic carbocycles. The Morgan fingerprint density at radius 1 is 0.458 bits per heavy atom. The van der Waals surface area contributed by atoms with Crippen LogP contribution in [0, 0.1) is 0 Å². The van der Waals surface area contributed by atoms with E-state index in [2.05, 4.69) is 13.8 Å². The van der Waals surface area contributed by atoms with Crippen LogP contribution in [-0.4, -0.2) is 12.1 Å². The Morgan fingerprint density at radius 2 is 0.792 bits per heavy atom. The van der Waals surface area contributed by atoms with Gasteiger partial charge in [0.2, 0.25) is 0 Å². The van der Waals surface area contributed by atoms with Crippen molar-refractivity contribution in [3.05, 3.63) is 0 Å². The minimum absolute atomic E-state index is 0. The third-order valence-corrected chi connectivity index (χ3v) is 4.81. The van der Waals surface area contributed by atoms with Crippen LogP contribution in [0.4, 0.5) is 0 Å². The summed E-state index contributed by atoms with van der Waals surface area (Å²) in [6, 6.07) is 0.426. The van der Waals surface area contributed by atoms with Crippen molar-refractivity contribution >= 4 is 24.8 Å². The minimum atomic E-state index is 0. The van der Waals surface area contributed by atoms with E-state index in [1.54, 1.807) is 0 Å². The number of halogens is 2. The normalized spacial score (nSPS) is 13.0. The predicted octanol–water partition coefficient (Wildman–Crippen LogP) is 6.77. The molecular weight excluding hydrogens is 339 g/mol. The van der Waals surface area contributed by atoms with E-state index < -0.39 is 0 Å². The molecule has 0 aromatic rings. The molecule has 0 bridgehead atoms. The van der Waals surface area contributed by atoms with Gasteiger partial charge in [0, 0.05) is 12.1 Å². The van der Waals surface area contributed by atoms with Crippen molar-refractivity contribution in [3.8, 4) is 0 Å². The molecule has 0 aliphatic rings. The van der Waals surface area contributed by atoms with Gasteiger partial charge in [-0.3, -0.25) is 0 Å². The molecular formula is C20H46Cl2N2. The lowest BCUT2D eigenvalue weighted by atomic mass is 9.98. The van der Waals surface area contributed by atoms with Gasteiger partial charge in [-0.1, -0.05) is 104 Å². The summed E-state index contributed by atoms with van der Waals surface area (Å²) >= 11 is 0. The fourth-order valence-corrected chi connectivity index (χ4v) is 3.16. The highest BCUT2D eigenvalue weighted by molar-refractivity contribution is 5.85. The summed E-state index contributed by atoms with van der Waals surface area (Å²) in [6.07, 6.45) is 21.6. The minimum Gasteiger partial charge on any atom is -0.326 e. The van der Waals surface area contributed by atoms with Crippen molar-refractivity contribution in [1.29, 1.82) is 0 Å². The van der Waals surface area contributed by atoms with Gasteiger partial charge >= 0.3 is 0 Å². The molecule has 0 radical (unpaired) electrons. The van der Waals surface area contributed by atoms with Gasteiger partial charge in [0.15, 0.2) is 0 Å². The molecule has 0 aliphatic heterocycles. The van der Waals surface area contributed by atoms with E-state index >= 15 is 0 Å². The molecule has 0 aliphatic carbocycles. The molecule has 24 heavy (non-hydrogen) atoms. The number of rotatable bonds is 17. The van der Waals surface area contributed by atoms with Crippen LogP contribution in [0.15, 0.2) is 0 Å². The van der Waals surface area contributed by atoms with Crippen molar-refractivity contribution < 1.29 is 0 Å². The zero-order chi connectivity index (χ0) is 16.5. The summed E-state index contributed by atoms with van der Waals surface area (Å²) in [7, 11) is 0. The summed E-state index contributed by atoms with van der Waals surface area (Å²) in [6.45, 7) is 4.46. The first kappa shape index (κ1) is 29.3. The van der Waals surface area contributed by atoms with Crippen LogP contribution in [0.5, 0.6) is 0 Å². The molecule has 4 heteroatoms. The molecule has 0 heterocycles. The first-order valence-corrected chi connectivity index (χ1v) is 10.2. The van der Waals surface area contributed by atoms with Crippen LogP contribution >= 0.6 is 24.8 Å². The Hall–Kier alpha value is 0.500.